The molecule has 0 aromatic carbocycles. The molecule has 150 valence electrons. The Morgan fingerprint density at radius 3 is 1.50 bits per heavy atom. The predicted molar refractivity (Wildman–Crippen MR) is 88.6 cm³/mol. The Morgan fingerprint density at radius 1 is 0.731 bits per heavy atom. The van der Waals surface area contributed by atoms with Crippen LogP contribution < -0.4 is 0 Å². The number of carboxylic acids is 3. The highest BCUT2D eigenvalue weighted by atomic mass is 16.5. The minimum absolute atomic E-state index is 0.0187. The first-order valence-electron chi connectivity index (χ1n) is 8.39. The molecule has 0 radical (unpaired) electrons. The third kappa shape index (κ3) is 8.54. The normalized spacial score (nSPS) is 19.5. The molecule has 0 amide bonds. The summed E-state index contributed by atoms with van der Waals surface area (Å²) in [5, 5.41) is 46.1. The number of aliphatic carboxylic acids is 3. The maximum Gasteiger partial charge on any atom is 0.317 e. The van der Waals surface area contributed by atoms with Gasteiger partial charge in [-0.3, -0.25) is 29.1 Å². The highest BCUT2D eigenvalue weighted by Crippen LogP contribution is 2.13. The van der Waals surface area contributed by atoms with Gasteiger partial charge in [-0.1, -0.05) is 0 Å². The number of rotatable bonds is 9. The van der Waals surface area contributed by atoms with Gasteiger partial charge in [0.05, 0.1) is 19.1 Å². The fourth-order valence-electron chi connectivity index (χ4n) is 2.98. The van der Waals surface area contributed by atoms with Crippen LogP contribution in [0.4, 0.5) is 0 Å². The van der Waals surface area contributed by atoms with Crippen molar-refractivity contribution in [2.24, 2.45) is 0 Å². The molecular weight excluding hydrogens is 350 g/mol. The van der Waals surface area contributed by atoms with Crippen molar-refractivity contribution in [1.82, 2.24) is 14.7 Å². The molecule has 1 aliphatic heterocycles. The van der Waals surface area contributed by atoms with Crippen LogP contribution in [0.2, 0.25) is 0 Å². The maximum absolute atomic E-state index is 11.0. The van der Waals surface area contributed by atoms with E-state index in [2.05, 4.69) is 0 Å². The molecule has 0 aliphatic carbocycles. The quantitative estimate of drug-likeness (QED) is 0.273. The molecule has 0 aromatic rings. The van der Waals surface area contributed by atoms with E-state index in [0.717, 1.165) is 0 Å². The third-order valence-electron chi connectivity index (χ3n) is 4.32. The molecule has 5 N–H and O–H groups in total. The van der Waals surface area contributed by atoms with Crippen LogP contribution in [0, 0.1) is 0 Å². The molecule has 0 bridgehead atoms. The van der Waals surface area contributed by atoms with Crippen molar-refractivity contribution in [1.29, 1.82) is 0 Å². The van der Waals surface area contributed by atoms with Gasteiger partial charge in [-0.2, -0.15) is 0 Å². The lowest BCUT2D eigenvalue weighted by Gasteiger charge is -2.33. The number of hydrogen-bond acceptors (Lipinski definition) is 8. The molecule has 0 unspecified atom stereocenters. The molecule has 26 heavy (non-hydrogen) atoms. The zero-order valence-corrected chi connectivity index (χ0v) is 14.5. The molecular formula is C15H27N3O8. The summed E-state index contributed by atoms with van der Waals surface area (Å²) in [6.07, 6.45) is -1.97. The van der Waals surface area contributed by atoms with Gasteiger partial charge in [-0.05, 0) is 6.42 Å². The van der Waals surface area contributed by atoms with Crippen LogP contribution in [0.25, 0.3) is 0 Å². The molecule has 0 saturated carbocycles. The summed E-state index contributed by atoms with van der Waals surface area (Å²) in [5.74, 6) is -3.07. The van der Waals surface area contributed by atoms with Crippen molar-refractivity contribution >= 4 is 17.9 Å². The second-order valence-electron chi connectivity index (χ2n) is 6.29. The average Bonchev–Trinajstić information content (AvgIpc) is 2.59. The molecule has 0 aromatic heterocycles. The van der Waals surface area contributed by atoms with Crippen molar-refractivity contribution in [3.63, 3.8) is 0 Å². The third-order valence-corrected chi connectivity index (χ3v) is 4.32. The zero-order chi connectivity index (χ0) is 19.7. The second kappa shape index (κ2) is 11.0. The number of carbonyl (C=O) groups is 3. The second-order valence-corrected chi connectivity index (χ2v) is 6.29. The summed E-state index contributed by atoms with van der Waals surface area (Å²) in [7, 11) is 0. The molecule has 1 saturated heterocycles. The number of hydrogen-bond donors (Lipinski definition) is 5. The number of nitrogens with zero attached hydrogens (tertiary/aromatic N) is 3. The van der Waals surface area contributed by atoms with E-state index in [0.29, 0.717) is 39.3 Å². The summed E-state index contributed by atoms with van der Waals surface area (Å²) in [4.78, 5) is 37.8. The van der Waals surface area contributed by atoms with Crippen molar-refractivity contribution in [2.45, 2.75) is 25.2 Å². The van der Waals surface area contributed by atoms with E-state index in [1.807, 2.05) is 0 Å². The van der Waals surface area contributed by atoms with Gasteiger partial charge in [0.25, 0.3) is 0 Å². The highest BCUT2D eigenvalue weighted by Gasteiger charge is 2.28. The standard InChI is InChI=1S/C15H27N3O8/c19-12(20)2-1-11(15(25)26)18-7-5-16(9-13(21)22)3-4-17(6-8-18)10-14(23)24/h11,15,25-26H,1-10H2,(H,19,20)(H,21,22)(H,23,24)/t11-/m1/s1. The van der Waals surface area contributed by atoms with Gasteiger partial charge in [-0.25, -0.2) is 0 Å². The van der Waals surface area contributed by atoms with E-state index in [1.165, 1.54) is 0 Å². The van der Waals surface area contributed by atoms with E-state index in [4.69, 9.17) is 15.3 Å². The van der Waals surface area contributed by atoms with Gasteiger partial charge in [0.15, 0.2) is 6.29 Å². The number of aliphatic hydroxyl groups excluding tert-OH is 1. The van der Waals surface area contributed by atoms with E-state index < -0.39 is 30.2 Å². The number of aliphatic hydroxyl groups is 2. The molecule has 11 nitrogen and oxygen atoms in total. The van der Waals surface area contributed by atoms with Gasteiger partial charge in [-0.15, -0.1) is 0 Å². The topological polar surface area (TPSA) is 162 Å². The van der Waals surface area contributed by atoms with E-state index in [1.54, 1.807) is 14.7 Å². The monoisotopic (exact) mass is 377 g/mol. The Labute approximate surface area is 151 Å². The Bertz CT molecular complexity index is 460. The Hall–Kier alpha value is -1.79. The van der Waals surface area contributed by atoms with Crippen LogP contribution in [-0.2, 0) is 14.4 Å². The van der Waals surface area contributed by atoms with Gasteiger partial charge in [0.1, 0.15) is 0 Å². The van der Waals surface area contributed by atoms with Crippen LogP contribution in [0.15, 0.2) is 0 Å². The van der Waals surface area contributed by atoms with Gasteiger partial charge >= 0.3 is 17.9 Å². The molecule has 1 rings (SSSR count). The molecule has 11 heteroatoms. The zero-order valence-electron chi connectivity index (χ0n) is 14.5. The summed E-state index contributed by atoms with van der Waals surface area (Å²) in [6.45, 7) is 1.62. The Balaban J connectivity index is 2.88. The lowest BCUT2D eigenvalue weighted by molar-refractivity contribution is -0.141. The molecule has 1 fully saturated rings. The molecule has 1 atom stereocenters. The van der Waals surface area contributed by atoms with Gasteiger partial charge < -0.3 is 25.5 Å². The first-order chi connectivity index (χ1) is 12.2. The smallest absolute Gasteiger partial charge is 0.317 e. The van der Waals surface area contributed by atoms with Crippen LogP contribution in [0.5, 0.6) is 0 Å². The van der Waals surface area contributed by atoms with E-state index >= 15 is 0 Å². The van der Waals surface area contributed by atoms with E-state index in [9.17, 15) is 24.6 Å². The summed E-state index contributed by atoms with van der Waals surface area (Å²) in [5.41, 5.74) is 0. The maximum atomic E-state index is 11.0. The Kier molecular flexibility index (Phi) is 9.44. The molecule has 1 heterocycles. The van der Waals surface area contributed by atoms with Gasteiger partial charge in [0.2, 0.25) is 0 Å². The average molecular weight is 377 g/mol. The summed E-state index contributed by atoms with van der Waals surface area (Å²) < 4.78 is 0. The lowest BCUT2D eigenvalue weighted by Crippen LogP contribution is -2.49. The molecule has 1 aliphatic rings. The largest absolute Gasteiger partial charge is 0.481 e. The predicted octanol–water partition coefficient (Wildman–Crippen LogP) is -2.38. The van der Waals surface area contributed by atoms with Crippen molar-refractivity contribution in [3.8, 4) is 0 Å². The van der Waals surface area contributed by atoms with Crippen molar-refractivity contribution in [3.05, 3.63) is 0 Å². The highest BCUT2D eigenvalue weighted by molar-refractivity contribution is 5.69. The fourth-order valence-corrected chi connectivity index (χ4v) is 2.98. The Morgan fingerprint density at radius 2 is 1.15 bits per heavy atom. The summed E-state index contributed by atoms with van der Waals surface area (Å²) in [6, 6.07) is -0.831. The number of carboxylic acid groups (broad SMARTS) is 3. The van der Waals surface area contributed by atoms with Crippen LogP contribution in [-0.4, -0.2) is 123 Å². The SMILES string of the molecule is O=C(O)CC[C@H](C(O)O)N1CCN(CC(=O)O)CCN(CC(=O)O)CC1. The van der Waals surface area contributed by atoms with Crippen LogP contribution in [0.3, 0.4) is 0 Å². The first-order valence-corrected chi connectivity index (χ1v) is 8.39. The minimum atomic E-state index is -1.75. The van der Waals surface area contributed by atoms with Crippen LogP contribution >= 0.6 is 0 Å². The van der Waals surface area contributed by atoms with E-state index in [-0.39, 0.29) is 25.9 Å². The van der Waals surface area contributed by atoms with Crippen LogP contribution in [0.1, 0.15) is 12.8 Å². The molecule has 0 spiro atoms. The lowest BCUT2D eigenvalue weighted by atomic mass is 10.1. The first kappa shape index (κ1) is 22.3. The summed E-state index contributed by atoms with van der Waals surface area (Å²) >= 11 is 0. The fraction of sp³-hybridized carbons (Fsp3) is 0.800. The van der Waals surface area contributed by atoms with Crippen molar-refractivity contribution in [2.75, 3.05) is 52.4 Å². The van der Waals surface area contributed by atoms with Crippen molar-refractivity contribution < 1.29 is 39.9 Å². The minimum Gasteiger partial charge on any atom is -0.481 e. The van der Waals surface area contributed by atoms with Gasteiger partial charge in [0, 0.05) is 45.7 Å².